The molecule has 0 saturated heterocycles. The summed E-state index contributed by atoms with van der Waals surface area (Å²) in [6.45, 7) is -2.80. The molecular weight excluding hydrogens is 308 g/mol. The predicted octanol–water partition coefficient (Wildman–Crippen LogP) is 6.16. The van der Waals surface area contributed by atoms with Crippen LogP contribution in [0.2, 0.25) is 0 Å². The second-order valence-electron chi connectivity index (χ2n) is 6.01. The average molecular weight is 330 g/mol. The molecule has 128 valence electrons. The van der Waals surface area contributed by atoms with Gasteiger partial charge in [-0.15, -0.1) is 0 Å². The van der Waals surface area contributed by atoms with E-state index < -0.39 is 13.0 Å². The van der Waals surface area contributed by atoms with Gasteiger partial charge in [0.1, 0.15) is 5.75 Å². The number of benzene rings is 1. The minimum atomic E-state index is -2.80. The van der Waals surface area contributed by atoms with Crippen LogP contribution in [0.5, 0.6) is 5.75 Å². The van der Waals surface area contributed by atoms with E-state index in [1.807, 2.05) is 12.1 Å². The van der Waals surface area contributed by atoms with Crippen molar-refractivity contribution in [3.05, 3.63) is 42.0 Å². The van der Waals surface area contributed by atoms with Crippen molar-refractivity contribution in [2.24, 2.45) is 5.92 Å². The van der Waals surface area contributed by atoms with Gasteiger partial charge in [-0.25, -0.2) is 8.78 Å². The number of halogens is 4. The highest BCUT2D eigenvalue weighted by atomic mass is 19.3. The fourth-order valence-electron chi connectivity index (χ4n) is 3.24. The molecule has 0 heterocycles. The Morgan fingerprint density at radius 3 is 2.22 bits per heavy atom. The summed E-state index contributed by atoms with van der Waals surface area (Å²) in [5, 5.41) is 0. The van der Waals surface area contributed by atoms with E-state index in [2.05, 4.69) is 4.74 Å². The summed E-state index contributed by atoms with van der Waals surface area (Å²) in [5.41, 5.74) is 1.16. The Labute approximate surface area is 134 Å². The van der Waals surface area contributed by atoms with Gasteiger partial charge < -0.3 is 4.74 Å². The zero-order valence-electron chi connectivity index (χ0n) is 12.9. The first-order valence-electron chi connectivity index (χ1n) is 8.04. The first-order chi connectivity index (χ1) is 11.0. The Kier molecular flexibility index (Phi) is 6.93. The molecule has 0 atom stereocenters. The number of rotatable bonds is 7. The lowest BCUT2D eigenvalue weighted by Crippen LogP contribution is -2.13. The molecule has 1 nitrogen and oxygen atoms in total. The summed E-state index contributed by atoms with van der Waals surface area (Å²) < 4.78 is 52.6. The fourth-order valence-corrected chi connectivity index (χ4v) is 3.24. The van der Waals surface area contributed by atoms with Crippen LogP contribution in [0.25, 0.3) is 0 Å². The molecule has 1 aromatic carbocycles. The summed E-state index contributed by atoms with van der Waals surface area (Å²) in [5.74, 6) is 1.22. The third-order valence-electron chi connectivity index (χ3n) is 4.45. The normalized spacial score (nSPS) is 22.2. The number of alkyl halides is 4. The molecule has 1 fully saturated rings. The van der Waals surface area contributed by atoms with Gasteiger partial charge in [-0.2, -0.15) is 8.78 Å². The Hall–Kier alpha value is -1.52. The molecular formula is C18H22F4O. The summed E-state index contributed by atoms with van der Waals surface area (Å²) in [6, 6.07) is 6.88. The first kappa shape index (κ1) is 17.8. The van der Waals surface area contributed by atoms with E-state index in [-0.39, 0.29) is 5.75 Å². The summed E-state index contributed by atoms with van der Waals surface area (Å²) in [7, 11) is 0. The van der Waals surface area contributed by atoms with Gasteiger partial charge >= 0.3 is 6.61 Å². The third-order valence-corrected chi connectivity index (χ3v) is 4.45. The molecule has 1 saturated carbocycles. The van der Waals surface area contributed by atoms with Gasteiger partial charge in [-0.05, 0) is 74.1 Å². The molecule has 2 rings (SSSR count). The lowest BCUT2D eigenvalue weighted by molar-refractivity contribution is -0.0498. The van der Waals surface area contributed by atoms with Gasteiger partial charge in [-0.1, -0.05) is 18.2 Å². The molecule has 0 bridgehead atoms. The highest BCUT2D eigenvalue weighted by Gasteiger charge is 2.22. The number of hydrogen-bond donors (Lipinski definition) is 0. The van der Waals surface area contributed by atoms with Crippen molar-refractivity contribution in [2.45, 2.75) is 57.5 Å². The van der Waals surface area contributed by atoms with Crippen molar-refractivity contribution >= 4 is 0 Å². The lowest BCUT2D eigenvalue weighted by Gasteiger charge is -2.28. The first-order valence-corrected chi connectivity index (χ1v) is 8.04. The van der Waals surface area contributed by atoms with Crippen molar-refractivity contribution in [3.8, 4) is 5.75 Å². The largest absolute Gasteiger partial charge is 0.435 e. The molecule has 0 aromatic heterocycles. The Morgan fingerprint density at radius 2 is 1.65 bits per heavy atom. The van der Waals surface area contributed by atoms with E-state index in [4.69, 9.17) is 0 Å². The fraction of sp³-hybridized carbons (Fsp3) is 0.556. The molecule has 1 aliphatic carbocycles. The molecule has 5 heteroatoms. The van der Waals surface area contributed by atoms with Crippen molar-refractivity contribution in [1.29, 1.82) is 0 Å². The molecule has 0 radical (unpaired) electrons. The molecule has 0 unspecified atom stereocenters. The smallest absolute Gasteiger partial charge is 0.387 e. The van der Waals surface area contributed by atoms with Crippen LogP contribution in [0.3, 0.4) is 0 Å². The monoisotopic (exact) mass is 330 g/mol. The van der Waals surface area contributed by atoms with Crippen molar-refractivity contribution in [1.82, 2.24) is 0 Å². The van der Waals surface area contributed by atoms with Crippen molar-refractivity contribution in [2.75, 3.05) is 0 Å². The SMILES string of the molecule is FC(F)/C=C/CC[C@H]1CC[C@H](c2ccc(OC(F)F)cc2)CC1. The maximum Gasteiger partial charge on any atom is 0.387 e. The minimum Gasteiger partial charge on any atom is -0.435 e. The van der Waals surface area contributed by atoms with Crippen LogP contribution in [0.4, 0.5) is 17.6 Å². The molecule has 0 aliphatic heterocycles. The van der Waals surface area contributed by atoms with Gasteiger partial charge in [0, 0.05) is 0 Å². The topological polar surface area (TPSA) is 9.23 Å². The molecule has 23 heavy (non-hydrogen) atoms. The molecule has 0 spiro atoms. The van der Waals surface area contributed by atoms with E-state index in [0.717, 1.165) is 43.7 Å². The average Bonchev–Trinajstić information content (AvgIpc) is 2.52. The molecule has 1 aliphatic rings. The maximum absolute atomic E-state index is 12.1. The predicted molar refractivity (Wildman–Crippen MR) is 82.2 cm³/mol. The summed E-state index contributed by atoms with van der Waals surface area (Å²) in [6.07, 6.45) is 6.10. The van der Waals surface area contributed by atoms with Gasteiger partial charge in [0.2, 0.25) is 0 Å². The van der Waals surface area contributed by atoms with E-state index in [0.29, 0.717) is 18.3 Å². The van der Waals surface area contributed by atoms with Gasteiger partial charge in [0.25, 0.3) is 6.43 Å². The van der Waals surface area contributed by atoms with Crippen LogP contribution in [0.1, 0.15) is 50.0 Å². The number of ether oxygens (including phenoxy) is 1. The Morgan fingerprint density at radius 1 is 1.00 bits per heavy atom. The van der Waals surface area contributed by atoms with Crippen molar-refractivity contribution < 1.29 is 22.3 Å². The molecule has 0 N–H and O–H groups in total. The van der Waals surface area contributed by atoms with E-state index in [1.54, 1.807) is 18.2 Å². The van der Waals surface area contributed by atoms with E-state index in [1.165, 1.54) is 0 Å². The number of hydrogen-bond acceptors (Lipinski definition) is 1. The summed E-state index contributed by atoms with van der Waals surface area (Å²) in [4.78, 5) is 0. The van der Waals surface area contributed by atoms with Gasteiger partial charge in [0.15, 0.2) is 0 Å². The van der Waals surface area contributed by atoms with Gasteiger partial charge in [0.05, 0.1) is 0 Å². The second kappa shape index (κ2) is 8.94. The van der Waals surface area contributed by atoms with Crippen LogP contribution in [0.15, 0.2) is 36.4 Å². The minimum absolute atomic E-state index is 0.184. The zero-order valence-corrected chi connectivity index (χ0v) is 12.9. The van der Waals surface area contributed by atoms with Crippen LogP contribution < -0.4 is 4.74 Å². The Bertz CT molecular complexity index is 476. The standard InChI is InChI=1S/C18H22F4O/c19-17(20)4-2-1-3-13-5-7-14(8-6-13)15-9-11-16(12-10-15)23-18(21)22/h2,4,9-14,17-18H,1,3,5-8H2/b4-2+/t13-,14-. The van der Waals surface area contributed by atoms with Crippen molar-refractivity contribution in [3.63, 3.8) is 0 Å². The lowest BCUT2D eigenvalue weighted by atomic mass is 9.77. The summed E-state index contributed by atoms with van der Waals surface area (Å²) >= 11 is 0. The second-order valence-corrected chi connectivity index (χ2v) is 6.01. The molecule has 0 amide bonds. The number of allylic oxidation sites excluding steroid dienone is 2. The quantitative estimate of drug-likeness (QED) is 0.429. The van der Waals surface area contributed by atoms with E-state index >= 15 is 0 Å². The van der Waals surface area contributed by atoms with Crippen LogP contribution in [-0.2, 0) is 0 Å². The van der Waals surface area contributed by atoms with Crippen LogP contribution in [-0.4, -0.2) is 13.0 Å². The van der Waals surface area contributed by atoms with Gasteiger partial charge in [-0.3, -0.25) is 0 Å². The van der Waals surface area contributed by atoms with Crippen LogP contribution in [0, 0.1) is 5.92 Å². The highest BCUT2D eigenvalue weighted by molar-refractivity contribution is 5.29. The molecule has 1 aromatic rings. The maximum atomic E-state index is 12.1. The van der Waals surface area contributed by atoms with Crippen LogP contribution >= 0.6 is 0 Å². The Balaban J connectivity index is 1.75. The highest BCUT2D eigenvalue weighted by Crippen LogP contribution is 2.38. The third kappa shape index (κ3) is 6.24. The zero-order chi connectivity index (χ0) is 16.7. The van der Waals surface area contributed by atoms with E-state index in [9.17, 15) is 17.6 Å².